The third-order valence-electron chi connectivity index (χ3n) is 10.2. The van der Waals surface area contributed by atoms with Gasteiger partial charge in [-0.3, -0.25) is 0 Å². The van der Waals surface area contributed by atoms with Gasteiger partial charge in [0.1, 0.15) is 0 Å². The van der Waals surface area contributed by atoms with Crippen LogP contribution >= 0.6 is 0 Å². The summed E-state index contributed by atoms with van der Waals surface area (Å²) in [5.74, 6) is 10.0. The fourth-order valence-electron chi connectivity index (χ4n) is 6.79. The van der Waals surface area contributed by atoms with Crippen LogP contribution in [0, 0.1) is 81.3 Å². The zero-order valence-electron chi connectivity index (χ0n) is 44.5. The summed E-state index contributed by atoms with van der Waals surface area (Å²) in [5, 5.41) is 0. The lowest BCUT2D eigenvalue weighted by Gasteiger charge is -2.39. The summed E-state index contributed by atoms with van der Waals surface area (Å²) in [6.45, 7) is 63.1. The first-order valence-corrected chi connectivity index (χ1v) is 24.3. The van der Waals surface area contributed by atoms with Gasteiger partial charge in [0.2, 0.25) is 0 Å². The van der Waals surface area contributed by atoms with Crippen LogP contribution in [0.4, 0.5) is 0 Å². The summed E-state index contributed by atoms with van der Waals surface area (Å²) in [5.41, 5.74) is 1.57. The zero-order chi connectivity index (χ0) is 44.8. The Hall–Kier alpha value is -0.0400. The van der Waals surface area contributed by atoms with Crippen molar-refractivity contribution in [1.82, 2.24) is 0 Å². The van der Waals surface area contributed by atoms with Gasteiger partial charge in [0.15, 0.2) is 0 Å². The highest BCUT2D eigenvalue weighted by atomic mass is 16.5. The fraction of sp³-hybridized carbons (Fsp3) is 1.00. The Morgan fingerprint density at radius 1 is 0.491 bits per heavy atom. The lowest BCUT2D eigenvalue weighted by Crippen LogP contribution is -2.40. The Morgan fingerprint density at radius 2 is 0.772 bits per heavy atom. The monoisotopic (exact) mass is 815 g/mol. The molecular formula is C56H126O. The molecule has 0 bridgehead atoms. The standard InChI is InChI=1S/C8H16O.2C8H18.2C7H14.2C6H14.C4H10.2CH4/c1-7(2)4-8(3)5-9-6-8;2*1-7(2)6-8(3,4)5;2*1-6(2)7-4-3-5-7;1-5(2)6(3)4;1-4-5-6(2)3;1-4(2)3;;/h7H,4-6H2,1-3H3;2*7H,6H2,1-5H3;2*6-7H,3-5H2,1-2H3;5-6H,1-4H3;6H,4-5H2,1-3H3;4H,1-3H3;2*1H4. The van der Waals surface area contributed by atoms with E-state index in [-0.39, 0.29) is 14.9 Å². The molecule has 1 aliphatic heterocycles. The van der Waals surface area contributed by atoms with Crippen LogP contribution in [0.15, 0.2) is 0 Å². The summed E-state index contributed by atoms with van der Waals surface area (Å²) in [6.07, 6.45) is 15.6. The molecule has 0 atom stereocenters. The van der Waals surface area contributed by atoms with E-state index in [2.05, 4.69) is 187 Å². The Morgan fingerprint density at radius 3 is 0.789 bits per heavy atom. The molecule has 0 aromatic heterocycles. The molecule has 1 saturated heterocycles. The summed E-state index contributed by atoms with van der Waals surface area (Å²) in [6, 6.07) is 0. The van der Waals surface area contributed by atoms with Gasteiger partial charge in [-0.05, 0) is 95.2 Å². The normalized spacial score (nSPS) is 15.8. The molecule has 0 aromatic rings. The summed E-state index contributed by atoms with van der Waals surface area (Å²) < 4.78 is 5.14. The van der Waals surface area contributed by atoms with Gasteiger partial charge in [-0.15, -0.1) is 0 Å². The predicted octanol–water partition coefficient (Wildman–Crippen LogP) is 20.8. The molecule has 0 unspecified atom stereocenters. The molecule has 2 aliphatic carbocycles. The van der Waals surface area contributed by atoms with Crippen LogP contribution in [0.5, 0.6) is 0 Å². The van der Waals surface area contributed by atoms with E-state index in [1.807, 2.05) is 0 Å². The molecule has 0 aromatic carbocycles. The van der Waals surface area contributed by atoms with Crippen LogP contribution in [0.1, 0.15) is 272 Å². The van der Waals surface area contributed by atoms with Crippen molar-refractivity contribution in [1.29, 1.82) is 0 Å². The molecule has 1 heterocycles. The van der Waals surface area contributed by atoms with Crippen LogP contribution in [0.2, 0.25) is 0 Å². The molecule has 2 saturated carbocycles. The van der Waals surface area contributed by atoms with E-state index in [1.165, 1.54) is 70.6 Å². The second-order valence-corrected chi connectivity index (χ2v) is 24.5. The molecule has 0 spiro atoms. The molecule has 1 nitrogen and oxygen atoms in total. The predicted molar refractivity (Wildman–Crippen MR) is 274 cm³/mol. The first kappa shape index (κ1) is 71.5. The van der Waals surface area contributed by atoms with Gasteiger partial charge in [0, 0.05) is 5.41 Å². The van der Waals surface area contributed by atoms with Crippen LogP contribution in [0.3, 0.4) is 0 Å². The van der Waals surface area contributed by atoms with E-state index in [1.54, 1.807) is 0 Å². The molecule has 0 radical (unpaired) electrons. The highest BCUT2D eigenvalue weighted by Gasteiger charge is 2.33. The van der Waals surface area contributed by atoms with Crippen molar-refractivity contribution in [2.24, 2.45) is 81.3 Å². The van der Waals surface area contributed by atoms with Crippen molar-refractivity contribution >= 4 is 0 Å². The number of hydrogen-bond donors (Lipinski definition) is 0. The smallest absolute Gasteiger partial charge is 0.0542 e. The second kappa shape index (κ2) is 40.1. The van der Waals surface area contributed by atoms with Gasteiger partial charge < -0.3 is 4.74 Å². The van der Waals surface area contributed by atoms with Crippen LogP contribution < -0.4 is 0 Å². The van der Waals surface area contributed by atoms with Crippen LogP contribution in [0.25, 0.3) is 0 Å². The molecule has 1 heteroatoms. The van der Waals surface area contributed by atoms with Crippen molar-refractivity contribution in [3.05, 3.63) is 0 Å². The molecule has 0 N–H and O–H groups in total. The van der Waals surface area contributed by atoms with Crippen LogP contribution in [-0.4, -0.2) is 13.2 Å². The summed E-state index contributed by atoms with van der Waals surface area (Å²) in [4.78, 5) is 0. The van der Waals surface area contributed by atoms with Gasteiger partial charge in [-0.2, -0.15) is 0 Å². The Balaban J connectivity index is -0.000000101. The molecule has 3 rings (SSSR count). The largest absolute Gasteiger partial charge is 0.380 e. The van der Waals surface area contributed by atoms with Crippen molar-refractivity contribution in [2.45, 2.75) is 272 Å². The van der Waals surface area contributed by atoms with E-state index >= 15 is 0 Å². The lowest BCUT2D eigenvalue weighted by atomic mass is 9.78. The number of rotatable bonds is 9. The van der Waals surface area contributed by atoms with E-state index < -0.39 is 0 Å². The topological polar surface area (TPSA) is 9.23 Å². The Bertz CT molecular complexity index is 692. The number of ether oxygens (including phenoxy) is 1. The molecule has 57 heavy (non-hydrogen) atoms. The third-order valence-corrected chi connectivity index (χ3v) is 10.2. The minimum atomic E-state index is 0. The SMILES string of the molecule is C.C.CC(C)C.CC(C)C(C)C.CC(C)C1CCC1.CC(C)C1CCC1.CC(C)CC(C)(C)C.CC(C)CC(C)(C)C.CC(C)CC1(C)COC1.CCCC(C)C. The summed E-state index contributed by atoms with van der Waals surface area (Å²) in [7, 11) is 0. The van der Waals surface area contributed by atoms with Gasteiger partial charge >= 0.3 is 0 Å². The van der Waals surface area contributed by atoms with Gasteiger partial charge in [0.25, 0.3) is 0 Å². The van der Waals surface area contributed by atoms with E-state index in [0.29, 0.717) is 16.2 Å². The minimum absolute atomic E-state index is 0. The fourth-order valence-corrected chi connectivity index (χ4v) is 6.79. The third kappa shape index (κ3) is 65.3. The minimum Gasteiger partial charge on any atom is -0.380 e. The van der Waals surface area contributed by atoms with Gasteiger partial charge in [0.05, 0.1) is 13.2 Å². The average molecular weight is 816 g/mol. The molecule has 3 fully saturated rings. The highest BCUT2D eigenvalue weighted by molar-refractivity contribution is 4.81. The summed E-state index contributed by atoms with van der Waals surface area (Å²) >= 11 is 0. The van der Waals surface area contributed by atoms with Gasteiger partial charge in [-0.25, -0.2) is 0 Å². The zero-order valence-corrected chi connectivity index (χ0v) is 44.5. The average Bonchev–Trinajstić information content (AvgIpc) is 2.83. The first-order chi connectivity index (χ1) is 24.7. The van der Waals surface area contributed by atoms with Crippen molar-refractivity contribution in [3.8, 4) is 0 Å². The quantitative estimate of drug-likeness (QED) is 0.225. The number of hydrogen-bond acceptors (Lipinski definition) is 1. The maximum Gasteiger partial charge on any atom is 0.0542 e. The van der Waals surface area contributed by atoms with Gasteiger partial charge in [-0.1, -0.05) is 253 Å². The molecule has 356 valence electrons. The first-order valence-electron chi connectivity index (χ1n) is 24.3. The maximum absolute atomic E-state index is 5.14. The van der Waals surface area contributed by atoms with Crippen molar-refractivity contribution < 1.29 is 4.74 Å². The maximum atomic E-state index is 5.14. The van der Waals surface area contributed by atoms with E-state index in [0.717, 1.165) is 78.3 Å². The Labute approximate surface area is 370 Å². The highest BCUT2D eigenvalue weighted by Crippen LogP contribution is 2.34. The van der Waals surface area contributed by atoms with Crippen molar-refractivity contribution in [3.63, 3.8) is 0 Å². The molecule has 3 aliphatic rings. The van der Waals surface area contributed by atoms with Crippen molar-refractivity contribution in [2.75, 3.05) is 13.2 Å². The molecule has 0 amide bonds. The second-order valence-electron chi connectivity index (χ2n) is 24.5. The van der Waals surface area contributed by atoms with E-state index in [9.17, 15) is 0 Å². The van der Waals surface area contributed by atoms with E-state index in [4.69, 9.17) is 4.74 Å². The lowest BCUT2D eigenvalue weighted by molar-refractivity contribution is -0.111. The molecular weight excluding hydrogens is 689 g/mol. The Kier molecular flexibility index (Phi) is 50.2. The van der Waals surface area contributed by atoms with Crippen LogP contribution in [-0.2, 0) is 4.74 Å².